The molecule has 2 aliphatic carbocycles. The van der Waals surface area contributed by atoms with Crippen LogP contribution in [0.1, 0.15) is 64.5 Å². The highest BCUT2D eigenvalue weighted by atomic mass is 32.2. The highest BCUT2D eigenvalue weighted by Crippen LogP contribution is 2.40. The van der Waals surface area contributed by atoms with Gasteiger partial charge in [-0.05, 0) is 55.2 Å². The fourth-order valence-corrected chi connectivity index (χ4v) is 4.66. The molecular weight excluding hydrogens is 518 g/mol. The van der Waals surface area contributed by atoms with Crippen molar-refractivity contribution in [1.82, 2.24) is 25.0 Å². The Morgan fingerprint density at radius 2 is 1.76 bits per heavy atom. The second-order valence-electron chi connectivity index (χ2n) is 9.10. The van der Waals surface area contributed by atoms with Gasteiger partial charge in [0.05, 0.1) is 25.4 Å². The normalized spacial score (nSPS) is 22.2. The van der Waals surface area contributed by atoms with E-state index in [-0.39, 0.29) is 38.4 Å². The van der Waals surface area contributed by atoms with Crippen LogP contribution in [0.2, 0.25) is 0 Å². The number of halogens is 2. The van der Waals surface area contributed by atoms with Crippen LogP contribution in [0.4, 0.5) is 14.6 Å². The molecule has 2 saturated carbocycles. The van der Waals surface area contributed by atoms with Crippen LogP contribution in [0.3, 0.4) is 0 Å². The summed E-state index contributed by atoms with van der Waals surface area (Å²) in [6, 6.07) is 3.81. The average Bonchev–Trinajstić information content (AvgIpc) is 3.61. The van der Waals surface area contributed by atoms with Gasteiger partial charge in [0.25, 0.3) is 0 Å². The Morgan fingerprint density at radius 1 is 1.08 bits per heavy atom. The number of thioether (sulfide) groups is 1. The Morgan fingerprint density at radius 3 is 2.29 bits per heavy atom. The Balaban J connectivity index is 0.000000264. The minimum absolute atomic E-state index is 0. The molecule has 2 fully saturated rings. The van der Waals surface area contributed by atoms with Crippen LogP contribution in [-0.4, -0.2) is 76.6 Å². The van der Waals surface area contributed by atoms with Crippen LogP contribution in [0.15, 0.2) is 23.4 Å². The van der Waals surface area contributed by atoms with Crippen molar-refractivity contribution < 1.29 is 29.2 Å². The largest absolute Gasteiger partial charge is 0.394 e. The fraction of sp³-hybridized carbons (Fsp3) is 0.600. The van der Waals surface area contributed by atoms with Gasteiger partial charge in [-0.25, -0.2) is 23.4 Å². The quantitative estimate of drug-likeness (QED) is 0.225. The molecule has 0 aliphatic heterocycles. The maximum atomic E-state index is 12.6. The van der Waals surface area contributed by atoms with E-state index in [0.717, 1.165) is 30.6 Å². The summed E-state index contributed by atoms with van der Waals surface area (Å²) in [6.45, 7) is 3.73. The lowest BCUT2D eigenvalue weighted by Crippen LogP contribution is -2.29. The van der Waals surface area contributed by atoms with E-state index in [1.54, 1.807) is 10.7 Å². The fourth-order valence-electron chi connectivity index (χ4n) is 3.96. The molecule has 10 nitrogen and oxygen atoms in total. The topological polar surface area (TPSA) is 163 Å². The molecule has 4 atom stereocenters. The van der Waals surface area contributed by atoms with Crippen molar-refractivity contribution >= 4 is 28.7 Å². The molecule has 0 radical (unpaired) electrons. The highest BCUT2D eigenvalue weighted by molar-refractivity contribution is 7.99. The summed E-state index contributed by atoms with van der Waals surface area (Å²) in [7, 11) is 0. The number of nitrogens with two attached hydrogens (primary N) is 1. The molecule has 0 amide bonds. The van der Waals surface area contributed by atoms with Crippen molar-refractivity contribution in [2.24, 2.45) is 5.92 Å². The predicted octanol–water partition coefficient (Wildman–Crippen LogP) is 3.06. The van der Waals surface area contributed by atoms with Crippen LogP contribution in [0, 0.1) is 17.6 Å². The van der Waals surface area contributed by atoms with Crippen LogP contribution in [0.25, 0.3) is 11.2 Å². The summed E-state index contributed by atoms with van der Waals surface area (Å²) in [5.74, 6) is 0.186. The molecule has 38 heavy (non-hydrogen) atoms. The van der Waals surface area contributed by atoms with Crippen molar-refractivity contribution in [1.29, 1.82) is 0 Å². The van der Waals surface area contributed by atoms with Crippen molar-refractivity contribution in [2.75, 3.05) is 24.7 Å². The van der Waals surface area contributed by atoms with Gasteiger partial charge in [-0.2, -0.15) is 0 Å². The van der Waals surface area contributed by atoms with Gasteiger partial charge >= 0.3 is 0 Å². The number of anilines is 1. The number of aliphatic hydroxyl groups excluding tert-OH is 4. The van der Waals surface area contributed by atoms with Gasteiger partial charge < -0.3 is 26.2 Å². The van der Waals surface area contributed by atoms with E-state index in [9.17, 15) is 19.0 Å². The van der Waals surface area contributed by atoms with Gasteiger partial charge in [-0.1, -0.05) is 44.3 Å². The van der Waals surface area contributed by atoms with Gasteiger partial charge in [0.1, 0.15) is 6.10 Å². The Kier molecular flexibility index (Phi) is 12.2. The van der Waals surface area contributed by atoms with Crippen molar-refractivity contribution in [3.8, 4) is 0 Å². The lowest BCUT2D eigenvalue weighted by atomic mass is 10.1. The van der Waals surface area contributed by atoms with Gasteiger partial charge in [-0.3, -0.25) is 0 Å². The average molecular weight is 557 g/mol. The number of fused-ring (bicyclic) bond motifs is 1. The first kappa shape index (κ1) is 31.8. The molecule has 6 N–H and O–H groups in total. The third kappa shape index (κ3) is 7.79. The lowest BCUT2D eigenvalue weighted by Gasteiger charge is -2.16. The Hall–Kier alpha value is -2.45. The molecule has 5 rings (SSSR count). The van der Waals surface area contributed by atoms with E-state index in [4.69, 9.17) is 15.9 Å². The minimum Gasteiger partial charge on any atom is -0.394 e. The second kappa shape index (κ2) is 14.6. The van der Waals surface area contributed by atoms with E-state index in [2.05, 4.69) is 27.2 Å². The maximum Gasteiger partial charge on any atom is 0.191 e. The zero-order valence-electron chi connectivity index (χ0n) is 20.8. The minimum atomic E-state index is -0.886. The van der Waals surface area contributed by atoms with Gasteiger partial charge in [-0.15, -0.1) is 5.10 Å². The standard InChI is InChI=1S/C13H20N6O2S.C9H8F2.C2H6O2.CH4/c1-3-4-22-13-15-11(14)8-12(16-13)19(18-17-8)7-5-6(2)9(20)10(7)21;10-8-4-3-7(5-9(8)11)6-1-2-6;3-1-2-4;/h6-7,9-10,20-21H,3-5H2,1-2H3,(H2,14,15,16);3-6H,1-2H2;3-4H,1-2H2;1H4/t6?,7?,9?,10-;;;/m0.../s1. The summed E-state index contributed by atoms with van der Waals surface area (Å²) >= 11 is 1.52. The summed E-state index contributed by atoms with van der Waals surface area (Å²) in [4.78, 5) is 8.71. The number of nitrogens with zero attached hydrogens (tertiary/aromatic N) is 5. The van der Waals surface area contributed by atoms with Crippen LogP contribution in [-0.2, 0) is 0 Å². The first-order chi connectivity index (χ1) is 17.7. The number of aliphatic hydroxyl groups is 4. The van der Waals surface area contributed by atoms with Gasteiger partial charge in [0.2, 0.25) is 0 Å². The van der Waals surface area contributed by atoms with Crippen LogP contribution < -0.4 is 5.73 Å². The van der Waals surface area contributed by atoms with Crippen molar-refractivity contribution in [3.05, 3.63) is 35.4 Å². The monoisotopic (exact) mass is 556 g/mol. The first-order valence-electron chi connectivity index (χ1n) is 12.3. The van der Waals surface area contributed by atoms with E-state index in [1.165, 1.54) is 23.9 Å². The number of hydrogen-bond donors (Lipinski definition) is 5. The van der Waals surface area contributed by atoms with Gasteiger partial charge in [0.15, 0.2) is 33.8 Å². The lowest BCUT2D eigenvalue weighted by molar-refractivity contribution is 0.00767. The molecular formula is C25H38F2N6O4S. The molecule has 0 bridgehead atoms. The van der Waals surface area contributed by atoms with Crippen LogP contribution >= 0.6 is 11.8 Å². The molecule has 0 saturated heterocycles. The molecule has 13 heteroatoms. The smallest absolute Gasteiger partial charge is 0.191 e. The first-order valence-corrected chi connectivity index (χ1v) is 13.2. The Bertz CT molecular complexity index is 1160. The van der Waals surface area contributed by atoms with Crippen molar-refractivity contribution in [2.45, 2.75) is 76.3 Å². The molecule has 3 aromatic rings. The van der Waals surface area contributed by atoms with Crippen molar-refractivity contribution in [3.63, 3.8) is 0 Å². The zero-order chi connectivity index (χ0) is 27.1. The number of hydrogen-bond acceptors (Lipinski definition) is 10. The summed E-state index contributed by atoms with van der Waals surface area (Å²) in [5, 5.41) is 44.1. The van der Waals surface area contributed by atoms with E-state index in [0.29, 0.717) is 28.7 Å². The third-order valence-electron chi connectivity index (χ3n) is 6.11. The molecule has 0 spiro atoms. The number of benzene rings is 1. The molecule has 2 aliphatic rings. The van der Waals surface area contributed by atoms with Crippen LogP contribution in [0.5, 0.6) is 0 Å². The molecule has 212 valence electrons. The summed E-state index contributed by atoms with van der Waals surface area (Å²) in [6.07, 6.45) is 2.20. The molecule has 1 aromatic carbocycles. The SMILES string of the molecule is C.CCCSc1nc(N)c2nnn(C3CC(C)C(O)[C@H]3O)c2n1.Fc1ccc(C2CC2)cc1F.OCCO. The van der Waals surface area contributed by atoms with E-state index in [1.807, 2.05) is 6.92 Å². The molecule has 2 aromatic heterocycles. The highest BCUT2D eigenvalue weighted by Gasteiger charge is 2.41. The van der Waals surface area contributed by atoms with Gasteiger partial charge in [0, 0.05) is 5.75 Å². The van der Waals surface area contributed by atoms with E-state index < -0.39 is 23.8 Å². The predicted molar refractivity (Wildman–Crippen MR) is 143 cm³/mol. The number of aromatic nitrogens is 5. The van der Waals surface area contributed by atoms with E-state index >= 15 is 0 Å². The number of nitrogen functional groups attached to an aromatic ring is 1. The third-order valence-corrected chi connectivity index (χ3v) is 7.17. The second-order valence-corrected chi connectivity index (χ2v) is 10.2. The summed E-state index contributed by atoms with van der Waals surface area (Å²) in [5.41, 5.74) is 7.82. The molecule has 2 heterocycles. The number of rotatable bonds is 6. The zero-order valence-corrected chi connectivity index (χ0v) is 21.7. The Labute approximate surface area is 225 Å². The summed E-state index contributed by atoms with van der Waals surface area (Å²) < 4.78 is 26.6. The maximum absolute atomic E-state index is 12.6. The molecule has 3 unspecified atom stereocenters.